The zero-order chi connectivity index (χ0) is 13.1. The fourth-order valence-electron chi connectivity index (χ4n) is 2.07. The van der Waals surface area contributed by atoms with E-state index in [0.717, 1.165) is 25.6 Å². The number of sulfone groups is 1. The van der Waals surface area contributed by atoms with Gasteiger partial charge in [0.1, 0.15) is 5.25 Å². The molecular weight excluding hydrogens is 240 g/mol. The first-order chi connectivity index (χ1) is 7.86. The highest BCUT2D eigenvalue weighted by molar-refractivity contribution is 7.92. The SMILES string of the molecule is CCNC1CCCN(C(=O)C(C)S(C)(=O)=O)C1. The van der Waals surface area contributed by atoms with E-state index in [1.54, 1.807) is 4.90 Å². The molecule has 6 heteroatoms. The summed E-state index contributed by atoms with van der Waals surface area (Å²) in [6.45, 7) is 5.65. The van der Waals surface area contributed by atoms with Crippen LogP contribution in [0.2, 0.25) is 0 Å². The predicted octanol–water partition coefficient (Wildman–Crippen LogP) is 0.0200. The molecule has 1 heterocycles. The molecule has 0 aromatic rings. The van der Waals surface area contributed by atoms with Crippen LogP contribution in [0.1, 0.15) is 26.7 Å². The van der Waals surface area contributed by atoms with Gasteiger partial charge in [0.15, 0.2) is 9.84 Å². The van der Waals surface area contributed by atoms with Crippen molar-refractivity contribution in [3.8, 4) is 0 Å². The number of hydrogen-bond donors (Lipinski definition) is 1. The molecule has 17 heavy (non-hydrogen) atoms. The number of carbonyl (C=O) groups excluding carboxylic acids is 1. The van der Waals surface area contributed by atoms with Gasteiger partial charge in [-0.2, -0.15) is 0 Å². The number of rotatable bonds is 4. The standard InChI is InChI=1S/C11H22N2O3S/c1-4-12-10-6-5-7-13(8-10)11(14)9(2)17(3,15)16/h9-10,12H,4-8H2,1-3H3. The number of nitrogens with one attached hydrogen (secondary N) is 1. The van der Waals surface area contributed by atoms with Gasteiger partial charge in [-0.25, -0.2) is 8.42 Å². The lowest BCUT2D eigenvalue weighted by molar-refractivity contribution is -0.131. The van der Waals surface area contributed by atoms with E-state index >= 15 is 0 Å². The normalized spacial score (nSPS) is 23.5. The first kappa shape index (κ1) is 14.4. The van der Waals surface area contributed by atoms with E-state index in [4.69, 9.17) is 0 Å². The quantitative estimate of drug-likeness (QED) is 0.775. The first-order valence-electron chi connectivity index (χ1n) is 6.07. The zero-order valence-electron chi connectivity index (χ0n) is 10.8. The maximum Gasteiger partial charge on any atom is 0.240 e. The molecule has 1 fully saturated rings. The van der Waals surface area contributed by atoms with Gasteiger partial charge >= 0.3 is 0 Å². The minimum Gasteiger partial charge on any atom is -0.340 e. The van der Waals surface area contributed by atoms with E-state index < -0.39 is 15.1 Å². The largest absolute Gasteiger partial charge is 0.340 e. The Bertz CT molecular complexity index is 365. The number of carbonyl (C=O) groups is 1. The molecule has 0 aliphatic carbocycles. The first-order valence-corrected chi connectivity index (χ1v) is 8.02. The Balaban J connectivity index is 2.63. The molecule has 1 saturated heterocycles. The van der Waals surface area contributed by atoms with Gasteiger partial charge in [0.25, 0.3) is 0 Å². The van der Waals surface area contributed by atoms with Crippen LogP contribution < -0.4 is 5.32 Å². The van der Waals surface area contributed by atoms with Gasteiger partial charge in [0, 0.05) is 25.4 Å². The van der Waals surface area contributed by atoms with Crippen LogP contribution in [-0.2, 0) is 14.6 Å². The summed E-state index contributed by atoms with van der Waals surface area (Å²) < 4.78 is 22.7. The summed E-state index contributed by atoms with van der Waals surface area (Å²) in [5, 5.41) is 2.38. The molecule has 5 nitrogen and oxygen atoms in total. The number of nitrogens with zero attached hydrogens (tertiary/aromatic N) is 1. The Kier molecular flexibility index (Phi) is 4.94. The third kappa shape index (κ3) is 3.96. The van der Waals surface area contributed by atoms with E-state index in [9.17, 15) is 13.2 Å². The minimum absolute atomic E-state index is 0.268. The molecule has 1 aliphatic rings. The molecule has 0 aromatic carbocycles. The third-order valence-electron chi connectivity index (χ3n) is 3.22. The van der Waals surface area contributed by atoms with Gasteiger partial charge in [-0.1, -0.05) is 6.92 Å². The van der Waals surface area contributed by atoms with Crippen molar-refractivity contribution < 1.29 is 13.2 Å². The van der Waals surface area contributed by atoms with Crippen LogP contribution in [0, 0.1) is 0 Å². The summed E-state index contributed by atoms with van der Waals surface area (Å²) >= 11 is 0. The molecular formula is C11H22N2O3S. The summed E-state index contributed by atoms with van der Waals surface area (Å²) in [6.07, 6.45) is 3.09. The second-order valence-electron chi connectivity index (χ2n) is 4.65. The zero-order valence-corrected chi connectivity index (χ0v) is 11.6. The van der Waals surface area contributed by atoms with E-state index in [-0.39, 0.29) is 5.91 Å². The van der Waals surface area contributed by atoms with E-state index in [1.165, 1.54) is 6.92 Å². The Morgan fingerprint density at radius 3 is 2.71 bits per heavy atom. The summed E-state index contributed by atoms with van der Waals surface area (Å²) in [7, 11) is -3.29. The van der Waals surface area contributed by atoms with Crippen molar-refractivity contribution in [1.29, 1.82) is 0 Å². The smallest absolute Gasteiger partial charge is 0.240 e. The molecule has 0 radical (unpaired) electrons. The van der Waals surface area contributed by atoms with Crippen LogP contribution in [0.15, 0.2) is 0 Å². The van der Waals surface area contributed by atoms with Gasteiger partial charge in [-0.3, -0.25) is 4.79 Å². The second kappa shape index (κ2) is 5.82. The van der Waals surface area contributed by atoms with Crippen LogP contribution in [0.25, 0.3) is 0 Å². The Hall–Kier alpha value is -0.620. The highest BCUT2D eigenvalue weighted by atomic mass is 32.2. The van der Waals surface area contributed by atoms with Gasteiger partial charge in [-0.15, -0.1) is 0 Å². The van der Waals surface area contributed by atoms with E-state index in [0.29, 0.717) is 19.1 Å². The van der Waals surface area contributed by atoms with Crippen molar-refractivity contribution in [2.75, 3.05) is 25.9 Å². The minimum atomic E-state index is -3.29. The van der Waals surface area contributed by atoms with Crippen LogP contribution in [0.3, 0.4) is 0 Å². The Labute approximate surface area is 103 Å². The fourth-order valence-corrected chi connectivity index (χ4v) is 2.59. The van der Waals surface area contributed by atoms with Crippen molar-refractivity contribution in [2.24, 2.45) is 0 Å². The van der Waals surface area contributed by atoms with Crippen LogP contribution in [-0.4, -0.2) is 56.4 Å². The van der Waals surface area contributed by atoms with E-state index in [1.807, 2.05) is 6.92 Å². The topological polar surface area (TPSA) is 66.5 Å². The highest BCUT2D eigenvalue weighted by Gasteiger charge is 2.31. The summed E-state index contributed by atoms with van der Waals surface area (Å²) in [6, 6.07) is 0.296. The second-order valence-corrected chi connectivity index (χ2v) is 7.02. The lowest BCUT2D eigenvalue weighted by Crippen LogP contribution is -2.51. The summed E-state index contributed by atoms with van der Waals surface area (Å²) in [4.78, 5) is 13.7. The fraction of sp³-hybridized carbons (Fsp3) is 0.909. The number of likely N-dealkylation sites (N-methyl/N-ethyl adjacent to an activating group) is 1. The number of likely N-dealkylation sites (tertiary alicyclic amines) is 1. The molecule has 0 aromatic heterocycles. The maximum absolute atomic E-state index is 12.0. The van der Waals surface area contributed by atoms with E-state index in [2.05, 4.69) is 5.32 Å². The average molecular weight is 262 g/mol. The van der Waals surface area contributed by atoms with Gasteiger partial charge in [0.2, 0.25) is 5.91 Å². The molecule has 2 atom stereocenters. The average Bonchev–Trinajstić information content (AvgIpc) is 2.27. The lowest BCUT2D eigenvalue weighted by Gasteiger charge is -2.34. The molecule has 100 valence electrons. The molecule has 1 amide bonds. The summed E-state index contributed by atoms with van der Waals surface area (Å²) in [5.41, 5.74) is 0. The van der Waals surface area contributed by atoms with Crippen molar-refractivity contribution in [3.05, 3.63) is 0 Å². The van der Waals surface area contributed by atoms with Crippen molar-refractivity contribution in [2.45, 2.75) is 38.0 Å². The molecule has 1 rings (SSSR count). The van der Waals surface area contributed by atoms with Crippen LogP contribution in [0.5, 0.6) is 0 Å². The molecule has 1 aliphatic heterocycles. The monoisotopic (exact) mass is 262 g/mol. The maximum atomic E-state index is 12.0. The molecule has 0 saturated carbocycles. The highest BCUT2D eigenvalue weighted by Crippen LogP contribution is 2.13. The summed E-state index contributed by atoms with van der Waals surface area (Å²) in [5.74, 6) is -0.268. The van der Waals surface area contributed by atoms with Crippen LogP contribution in [0.4, 0.5) is 0 Å². The van der Waals surface area contributed by atoms with Crippen LogP contribution >= 0.6 is 0 Å². The number of piperidine rings is 1. The molecule has 0 spiro atoms. The van der Waals surface area contributed by atoms with Gasteiger partial charge < -0.3 is 10.2 Å². The van der Waals surface area contributed by atoms with Crippen molar-refractivity contribution in [3.63, 3.8) is 0 Å². The number of amides is 1. The third-order valence-corrected chi connectivity index (χ3v) is 4.70. The molecule has 0 bridgehead atoms. The number of hydrogen-bond acceptors (Lipinski definition) is 4. The Morgan fingerprint density at radius 1 is 1.53 bits per heavy atom. The lowest BCUT2D eigenvalue weighted by atomic mass is 10.1. The van der Waals surface area contributed by atoms with Gasteiger partial charge in [0.05, 0.1) is 0 Å². The molecule has 1 N–H and O–H groups in total. The van der Waals surface area contributed by atoms with Gasteiger partial charge in [-0.05, 0) is 26.3 Å². The van der Waals surface area contributed by atoms with Crippen molar-refractivity contribution in [1.82, 2.24) is 10.2 Å². The molecule has 2 unspecified atom stereocenters. The Morgan fingerprint density at radius 2 is 2.18 bits per heavy atom. The predicted molar refractivity (Wildman–Crippen MR) is 67.6 cm³/mol. The van der Waals surface area contributed by atoms with Crippen molar-refractivity contribution >= 4 is 15.7 Å².